The molecule has 0 amide bonds. The Morgan fingerprint density at radius 1 is 1.15 bits per heavy atom. The van der Waals surface area contributed by atoms with E-state index in [1.807, 2.05) is 0 Å². The minimum atomic E-state index is -0.598. The fourth-order valence-electron chi connectivity index (χ4n) is 2.08. The second-order valence-corrected chi connectivity index (χ2v) is 5.12. The van der Waals surface area contributed by atoms with Gasteiger partial charge in [-0.2, -0.15) is 5.10 Å². The van der Waals surface area contributed by atoms with Gasteiger partial charge in [0.2, 0.25) is 5.76 Å². The van der Waals surface area contributed by atoms with Gasteiger partial charge >= 0.3 is 5.97 Å². The van der Waals surface area contributed by atoms with Gasteiger partial charge in [0.15, 0.2) is 0 Å². The van der Waals surface area contributed by atoms with Crippen molar-refractivity contribution in [2.75, 3.05) is 5.43 Å². The molecular weight excluding hydrogens is 338 g/mol. The monoisotopic (exact) mass is 351 g/mol. The van der Waals surface area contributed by atoms with Gasteiger partial charge in [0, 0.05) is 12.1 Å². The second-order valence-electron chi connectivity index (χ2n) is 5.12. The van der Waals surface area contributed by atoms with Crippen LogP contribution in [0.15, 0.2) is 76.4 Å². The van der Waals surface area contributed by atoms with Crippen molar-refractivity contribution in [3.05, 3.63) is 88.4 Å². The second kappa shape index (κ2) is 7.75. The van der Waals surface area contributed by atoms with E-state index in [0.717, 1.165) is 0 Å². The van der Waals surface area contributed by atoms with Crippen molar-refractivity contribution in [3.8, 4) is 5.75 Å². The predicted octanol–water partition coefficient (Wildman–Crippen LogP) is 3.85. The summed E-state index contributed by atoms with van der Waals surface area (Å²) in [6, 6.07) is 15.8. The Hall–Kier alpha value is -3.94. The van der Waals surface area contributed by atoms with Crippen LogP contribution < -0.4 is 10.2 Å². The van der Waals surface area contributed by atoms with Crippen LogP contribution in [-0.2, 0) is 0 Å². The first kappa shape index (κ1) is 16.9. The van der Waals surface area contributed by atoms with Crippen molar-refractivity contribution in [2.45, 2.75) is 0 Å². The molecule has 1 N–H and O–H groups in total. The molecule has 0 fully saturated rings. The van der Waals surface area contributed by atoms with E-state index < -0.39 is 10.9 Å². The zero-order valence-electron chi connectivity index (χ0n) is 13.4. The fourth-order valence-corrected chi connectivity index (χ4v) is 2.08. The summed E-state index contributed by atoms with van der Waals surface area (Å²) in [5, 5.41) is 14.8. The molecule has 0 bridgehead atoms. The molecule has 3 aromatic rings. The van der Waals surface area contributed by atoms with Crippen molar-refractivity contribution < 1.29 is 18.9 Å². The van der Waals surface area contributed by atoms with Gasteiger partial charge < -0.3 is 9.15 Å². The number of furan rings is 1. The molecule has 3 rings (SSSR count). The van der Waals surface area contributed by atoms with Gasteiger partial charge in [-0.05, 0) is 35.9 Å². The average Bonchev–Trinajstić information content (AvgIpc) is 3.17. The van der Waals surface area contributed by atoms with Crippen LogP contribution in [0.5, 0.6) is 5.75 Å². The van der Waals surface area contributed by atoms with Crippen molar-refractivity contribution >= 4 is 23.6 Å². The number of hydrazone groups is 1. The lowest BCUT2D eigenvalue weighted by molar-refractivity contribution is -0.384. The summed E-state index contributed by atoms with van der Waals surface area (Å²) in [6.45, 7) is 0. The van der Waals surface area contributed by atoms with E-state index in [0.29, 0.717) is 17.0 Å². The van der Waals surface area contributed by atoms with E-state index >= 15 is 0 Å². The first-order valence-corrected chi connectivity index (χ1v) is 7.51. The summed E-state index contributed by atoms with van der Waals surface area (Å²) in [7, 11) is 0. The van der Waals surface area contributed by atoms with Crippen molar-refractivity contribution in [2.24, 2.45) is 5.10 Å². The fraction of sp³-hybridized carbons (Fsp3) is 0. The SMILES string of the molecule is O=C(Oc1cccc(C=NNc2cccc([N+](=O)[O-])c2)c1)c1ccco1. The van der Waals surface area contributed by atoms with Gasteiger partial charge in [-0.15, -0.1) is 0 Å². The summed E-state index contributed by atoms with van der Waals surface area (Å²) in [5.41, 5.74) is 3.84. The Kier molecular flexibility index (Phi) is 5.04. The number of esters is 1. The minimum Gasteiger partial charge on any atom is -0.457 e. The molecule has 26 heavy (non-hydrogen) atoms. The molecule has 0 radical (unpaired) electrons. The molecule has 1 aromatic heterocycles. The van der Waals surface area contributed by atoms with Gasteiger partial charge in [-0.1, -0.05) is 18.2 Å². The van der Waals surface area contributed by atoms with Gasteiger partial charge in [0.1, 0.15) is 5.75 Å². The number of carbonyl (C=O) groups is 1. The van der Waals surface area contributed by atoms with Crippen LogP contribution in [0.3, 0.4) is 0 Å². The maximum atomic E-state index is 11.9. The average molecular weight is 351 g/mol. The number of nitro benzene ring substituents is 1. The summed E-state index contributed by atoms with van der Waals surface area (Å²) < 4.78 is 10.2. The van der Waals surface area contributed by atoms with Crippen LogP contribution in [0.2, 0.25) is 0 Å². The van der Waals surface area contributed by atoms with Crippen LogP contribution in [0.4, 0.5) is 11.4 Å². The van der Waals surface area contributed by atoms with Crippen LogP contribution in [0, 0.1) is 10.1 Å². The van der Waals surface area contributed by atoms with E-state index in [1.54, 1.807) is 42.5 Å². The van der Waals surface area contributed by atoms with Crippen LogP contribution >= 0.6 is 0 Å². The third kappa shape index (κ3) is 4.32. The van der Waals surface area contributed by atoms with Crippen molar-refractivity contribution in [1.82, 2.24) is 0 Å². The van der Waals surface area contributed by atoms with Crippen molar-refractivity contribution in [3.63, 3.8) is 0 Å². The number of rotatable bonds is 6. The zero-order chi connectivity index (χ0) is 18.4. The Labute approximate surface area is 147 Å². The number of ether oxygens (including phenoxy) is 1. The number of hydrogen-bond donors (Lipinski definition) is 1. The summed E-state index contributed by atoms with van der Waals surface area (Å²) >= 11 is 0. The molecule has 0 spiro atoms. The van der Waals surface area contributed by atoms with Gasteiger partial charge in [0.05, 0.1) is 23.1 Å². The number of non-ortho nitro benzene ring substituents is 1. The predicted molar refractivity (Wildman–Crippen MR) is 94.4 cm³/mol. The molecule has 1 heterocycles. The van der Waals surface area contributed by atoms with Gasteiger partial charge in [0.25, 0.3) is 5.69 Å². The number of benzene rings is 2. The lowest BCUT2D eigenvalue weighted by atomic mass is 10.2. The third-order valence-corrected chi connectivity index (χ3v) is 3.26. The first-order valence-electron chi connectivity index (χ1n) is 7.51. The smallest absolute Gasteiger partial charge is 0.379 e. The molecule has 0 aliphatic heterocycles. The van der Waals surface area contributed by atoms with Crippen molar-refractivity contribution in [1.29, 1.82) is 0 Å². The largest absolute Gasteiger partial charge is 0.457 e. The minimum absolute atomic E-state index is 0.0305. The van der Waals surface area contributed by atoms with E-state index in [1.165, 1.54) is 30.7 Å². The Morgan fingerprint density at radius 3 is 2.77 bits per heavy atom. The number of nitrogens with zero attached hydrogens (tertiary/aromatic N) is 2. The van der Waals surface area contributed by atoms with E-state index in [-0.39, 0.29) is 11.4 Å². The highest BCUT2D eigenvalue weighted by Gasteiger charge is 2.11. The highest BCUT2D eigenvalue weighted by molar-refractivity contribution is 5.88. The quantitative estimate of drug-likeness (QED) is 0.238. The molecule has 130 valence electrons. The van der Waals surface area contributed by atoms with Crippen LogP contribution in [0.25, 0.3) is 0 Å². The molecule has 8 heteroatoms. The molecule has 0 saturated heterocycles. The summed E-state index contributed by atoms with van der Waals surface area (Å²) in [6.07, 6.45) is 2.89. The standard InChI is InChI=1S/C18H13N3O5/c22-18(17-8-3-9-25-17)26-16-7-1-4-13(10-16)12-19-20-14-5-2-6-15(11-14)21(23)24/h1-12,20H. The van der Waals surface area contributed by atoms with Crippen LogP contribution in [-0.4, -0.2) is 17.1 Å². The summed E-state index contributed by atoms with van der Waals surface area (Å²) in [4.78, 5) is 22.1. The summed E-state index contributed by atoms with van der Waals surface area (Å²) in [5.74, 6) is -0.152. The maximum Gasteiger partial charge on any atom is 0.379 e. The molecule has 0 aliphatic rings. The maximum absolute atomic E-state index is 11.9. The lowest BCUT2D eigenvalue weighted by Gasteiger charge is -2.03. The van der Waals surface area contributed by atoms with Crippen LogP contribution in [0.1, 0.15) is 16.1 Å². The molecule has 0 aliphatic carbocycles. The molecule has 0 unspecified atom stereocenters. The molecule has 8 nitrogen and oxygen atoms in total. The molecule has 2 aromatic carbocycles. The molecule has 0 atom stereocenters. The number of carbonyl (C=O) groups excluding carboxylic acids is 1. The lowest BCUT2D eigenvalue weighted by Crippen LogP contribution is -2.07. The van der Waals surface area contributed by atoms with E-state index in [2.05, 4.69) is 10.5 Å². The van der Waals surface area contributed by atoms with E-state index in [4.69, 9.17) is 9.15 Å². The highest BCUT2D eigenvalue weighted by atomic mass is 16.6. The Bertz CT molecular complexity index is 951. The third-order valence-electron chi connectivity index (χ3n) is 3.26. The number of anilines is 1. The number of hydrogen-bond acceptors (Lipinski definition) is 7. The van der Waals surface area contributed by atoms with E-state index in [9.17, 15) is 14.9 Å². The molecular formula is C18H13N3O5. The number of nitro groups is 1. The topological polar surface area (TPSA) is 107 Å². The number of nitrogens with one attached hydrogen (secondary N) is 1. The van der Waals surface area contributed by atoms with Gasteiger partial charge in [-0.25, -0.2) is 4.79 Å². The van der Waals surface area contributed by atoms with Gasteiger partial charge in [-0.3, -0.25) is 15.5 Å². The highest BCUT2D eigenvalue weighted by Crippen LogP contribution is 2.17. The Balaban J connectivity index is 1.65. The normalized spacial score (nSPS) is 10.6. The Morgan fingerprint density at radius 2 is 2.00 bits per heavy atom. The first-order chi connectivity index (χ1) is 12.6. The zero-order valence-corrected chi connectivity index (χ0v) is 13.4. The molecule has 0 saturated carbocycles.